The van der Waals surface area contributed by atoms with Crippen LogP contribution in [0.15, 0.2) is 45.9 Å². The van der Waals surface area contributed by atoms with Crippen LogP contribution in [0.3, 0.4) is 0 Å². The first kappa shape index (κ1) is 14.8. The van der Waals surface area contributed by atoms with Gasteiger partial charge in [0.15, 0.2) is 0 Å². The lowest BCUT2D eigenvalue weighted by Gasteiger charge is -2.34. The van der Waals surface area contributed by atoms with Crippen molar-refractivity contribution in [2.24, 2.45) is 14.8 Å². The third kappa shape index (κ3) is 3.05. The van der Waals surface area contributed by atoms with Gasteiger partial charge in [0, 0.05) is 24.2 Å². The lowest BCUT2D eigenvalue weighted by atomic mass is 9.79. The lowest BCUT2D eigenvalue weighted by Crippen LogP contribution is -2.38. The lowest BCUT2D eigenvalue weighted by molar-refractivity contribution is 0.511. The standard InChI is InChI=1S/C15H16N4O2S/c1-11-4-2-7-17-14(11)12-8-15(5-3-6-16-10-15)9-13(18-12)19-22(20)21/h2-8H,9-10H2,1H3,(H,18,19)(H,20,21)/p-1. The molecule has 1 aromatic heterocycles. The molecule has 6 nitrogen and oxygen atoms in total. The highest BCUT2D eigenvalue weighted by atomic mass is 32.2. The van der Waals surface area contributed by atoms with Gasteiger partial charge in [0.05, 0.1) is 29.2 Å². The van der Waals surface area contributed by atoms with Crippen LogP contribution in [-0.2, 0) is 11.3 Å². The minimum absolute atomic E-state index is 0.364. The molecule has 2 aliphatic heterocycles. The van der Waals surface area contributed by atoms with Gasteiger partial charge in [0.25, 0.3) is 0 Å². The maximum atomic E-state index is 10.9. The third-order valence-electron chi connectivity index (χ3n) is 3.66. The van der Waals surface area contributed by atoms with Gasteiger partial charge in [-0.25, -0.2) is 0 Å². The van der Waals surface area contributed by atoms with Crippen molar-refractivity contribution in [2.75, 3.05) is 6.54 Å². The van der Waals surface area contributed by atoms with Crippen LogP contribution in [0.1, 0.15) is 17.7 Å². The number of nitrogens with one attached hydrogen (secondary N) is 1. The first-order valence-electron chi connectivity index (χ1n) is 6.84. The van der Waals surface area contributed by atoms with E-state index in [4.69, 9.17) is 0 Å². The molecule has 2 unspecified atom stereocenters. The van der Waals surface area contributed by atoms with Gasteiger partial charge in [-0.15, -0.1) is 0 Å². The normalized spacial score (nSPS) is 26.8. The average molecular weight is 315 g/mol. The second-order valence-corrected chi connectivity index (χ2v) is 5.98. The topological polar surface area (TPSA) is 89.8 Å². The van der Waals surface area contributed by atoms with E-state index in [1.165, 1.54) is 0 Å². The first-order valence-corrected chi connectivity index (χ1v) is 7.88. The molecule has 22 heavy (non-hydrogen) atoms. The molecular weight excluding hydrogens is 300 g/mol. The zero-order chi connectivity index (χ0) is 15.6. The molecule has 3 rings (SSSR count). The van der Waals surface area contributed by atoms with Crippen molar-refractivity contribution in [1.82, 2.24) is 10.3 Å². The number of allylic oxidation sites excluding steroid dienone is 1. The van der Waals surface area contributed by atoms with Crippen molar-refractivity contribution in [3.63, 3.8) is 0 Å². The van der Waals surface area contributed by atoms with Crippen LogP contribution in [-0.4, -0.2) is 32.3 Å². The number of aliphatic imine (C=N–C) groups is 1. The fraction of sp³-hybridized carbons (Fsp3) is 0.267. The van der Waals surface area contributed by atoms with Crippen LogP contribution in [0.4, 0.5) is 0 Å². The van der Waals surface area contributed by atoms with Gasteiger partial charge in [-0.1, -0.05) is 12.1 Å². The Bertz CT molecular complexity index is 739. The molecule has 0 aromatic carbocycles. The predicted octanol–water partition coefficient (Wildman–Crippen LogP) is 1.54. The van der Waals surface area contributed by atoms with E-state index in [-0.39, 0.29) is 5.41 Å². The van der Waals surface area contributed by atoms with Gasteiger partial charge in [-0.3, -0.25) is 14.2 Å². The number of rotatable bonds is 2. The molecule has 0 saturated heterocycles. The van der Waals surface area contributed by atoms with Crippen molar-refractivity contribution < 1.29 is 8.76 Å². The Morgan fingerprint density at radius 2 is 2.36 bits per heavy atom. The Balaban J connectivity index is 2.07. The number of amidine groups is 1. The van der Waals surface area contributed by atoms with Gasteiger partial charge >= 0.3 is 0 Å². The minimum Gasteiger partial charge on any atom is -0.754 e. The molecule has 3 heterocycles. The van der Waals surface area contributed by atoms with Gasteiger partial charge in [0.1, 0.15) is 5.84 Å². The predicted molar refractivity (Wildman–Crippen MR) is 86.0 cm³/mol. The fourth-order valence-electron chi connectivity index (χ4n) is 2.71. The second kappa shape index (κ2) is 5.94. The summed E-state index contributed by atoms with van der Waals surface area (Å²) in [5.41, 5.74) is 2.19. The van der Waals surface area contributed by atoms with E-state index in [1.807, 2.05) is 31.2 Å². The fourth-order valence-corrected chi connectivity index (χ4v) is 3.00. The van der Waals surface area contributed by atoms with E-state index >= 15 is 0 Å². The molecule has 0 fully saturated rings. The van der Waals surface area contributed by atoms with Crippen LogP contribution in [0.25, 0.3) is 5.70 Å². The summed E-state index contributed by atoms with van der Waals surface area (Å²) in [6.07, 6.45) is 9.88. The summed E-state index contributed by atoms with van der Waals surface area (Å²) in [6, 6.07) is 3.83. The zero-order valence-corrected chi connectivity index (χ0v) is 12.8. The highest BCUT2D eigenvalue weighted by molar-refractivity contribution is 7.77. The maximum absolute atomic E-state index is 10.9. The second-order valence-electron chi connectivity index (χ2n) is 5.37. The monoisotopic (exact) mass is 315 g/mol. The summed E-state index contributed by atoms with van der Waals surface area (Å²) < 4.78 is 25.5. The third-order valence-corrected chi connectivity index (χ3v) is 4.03. The molecule has 0 bridgehead atoms. The molecule has 1 N–H and O–H groups in total. The number of nitrogens with zero attached hydrogens (tertiary/aromatic N) is 3. The summed E-state index contributed by atoms with van der Waals surface area (Å²) in [6.45, 7) is 2.52. The van der Waals surface area contributed by atoms with Crippen molar-refractivity contribution in [1.29, 1.82) is 0 Å². The number of pyridine rings is 1. The number of aryl methyl sites for hydroxylation is 1. The zero-order valence-electron chi connectivity index (χ0n) is 12.0. The number of hydrogen-bond donors (Lipinski definition) is 1. The van der Waals surface area contributed by atoms with Crippen LogP contribution in [0.5, 0.6) is 0 Å². The molecule has 7 heteroatoms. The highest BCUT2D eigenvalue weighted by Gasteiger charge is 2.33. The van der Waals surface area contributed by atoms with Gasteiger partial charge in [0.2, 0.25) is 0 Å². The number of hydrogen-bond acceptors (Lipinski definition) is 4. The Labute approximate surface area is 131 Å². The number of dihydropyridines is 1. The van der Waals surface area contributed by atoms with Crippen molar-refractivity contribution in [3.8, 4) is 0 Å². The smallest absolute Gasteiger partial charge is 0.117 e. The van der Waals surface area contributed by atoms with E-state index < -0.39 is 11.3 Å². The first-order chi connectivity index (χ1) is 10.6. The molecule has 0 aliphatic carbocycles. The number of aromatic nitrogens is 1. The van der Waals surface area contributed by atoms with Crippen LogP contribution < -0.4 is 5.32 Å². The Kier molecular flexibility index (Phi) is 4.00. The van der Waals surface area contributed by atoms with Crippen LogP contribution >= 0.6 is 0 Å². The summed E-state index contributed by atoms with van der Waals surface area (Å²) in [7, 11) is 0. The largest absolute Gasteiger partial charge is 0.754 e. The molecule has 2 atom stereocenters. The molecule has 114 valence electrons. The minimum atomic E-state index is -2.50. The molecule has 1 aromatic rings. The SMILES string of the molecule is Cc1cccnc1C1=CC2(C=CC=NC2)CC(=NS(=O)[O-])N1. The Morgan fingerprint density at radius 1 is 1.50 bits per heavy atom. The average Bonchev–Trinajstić information content (AvgIpc) is 2.47. The highest BCUT2D eigenvalue weighted by Crippen LogP contribution is 2.35. The molecule has 0 radical (unpaired) electrons. The van der Waals surface area contributed by atoms with E-state index in [9.17, 15) is 8.76 Å². The van der Waals surface area contributed by atoms with Gasteiger partial charge in [-0.2, -0.15) is 4.40 Å². The van der Waals surface area contributed by atoms with Gasteiger partial charge < -0.3 is 9.87 Å². The maximum Gasteiger partial charge on any atom is 0.117 e. The van der Waals surface area contributed by atoms with E-state index in [1.54, 1.807) is 12.4 Å². The van der Waals surface area contributed by atoms with E-state index in [0.29, 0.717) is 18.8 Å². The van der Waals surface area contributed by atoms with Gasteiger partial charge in [-0.05, 0) is 30.7 Å². The quantitative estimate of drug-likeness (QED) is 0.838. The molecule has 2 aliphatic rings. The van der Waals surface area contributed by atoms with Crippen molar-refractivity contribution in [2.45, 2.75) is 13.3 Å². The van der Waals surface area contributed by atoms with Crippen molar-refractivity contribution in [3.05, 3.63) is 47.8 Å². The van der Waals surface area contributed by atoms with Crippen LogP contribution in [0, 0.1) is 12.3 Å². The van der Waals surface area contributed by atoms with E-state index in [2.05, 4.69) is 25.8 Å². The summed E-state index contributed by atoms with van der Waals surface area (Å²) in [5, 5.41) is 3.08. The van der Waals surface area contributed by atoms with E-state index in [0.717, 1.165) is 17.0 Å². The van der Waals surface area contributed by atoms with Crippen molar-refractivity contribution >= 4 is 29.0 Å². The summed E-state index contributed by atoms with van der Waals surface area (Å²) in [4.78, 5) is 8.70. The summed E-state index contributed by atoms with van der Waals surface area (Å²) >= 11 is -2.50. The Morgan fingerprint density at radius 3 is 3.05 bits per heavy atom. The Hall–Kier alpha value is -2.12. The molecule has 1 spiro atoms. The van der Waals surface area contributed by atoms with Crippen LogP contribution in [0.2, 0.25) is 0 Å². The molecule has 0 amide bonds. The molecule has 0 saturated carbocycles. The summed E-state index contributed by atoms with van der Waals surface area (Å²) in [5.74, 6) is 0.401. The molecular formula is C15H15N4O2S-.